The van der Waals surface area contributed by atoms with Gasteiger partial charge in [0.25, 0.3) is 0 Å². The zero-order valence-electron chi connectivity index (χ0n) is 20.4. The summed E-state index contributed by atoms with van der Waals surface area (Å²) in [6.07, 6.45) is 1.17. The number of hydrogen-bond acceptors (Lipinski definition) is 9. The third-order valence-corrected chi connectivity index (χ3v) is 5.31. The van der Waals surface area contributed by atoms with E-state index in [-0.39, 0.29) is 19.2 Å². The number of hydrogen-bond donors (Lipinski definition) is 2. The van der Waals surface area contributed by atoms with Gasteiger partial charge in [0.15, 0.2) is 5.82 Å². The highest BCUT2D eigenvalue weighted by molar-refractivity contribution is 5.84. The molecule has 0 radical (unpaired) electrons. The number of ether oxygens (including phenoxy) is 3. The first-order chi connectivity index (χ1) is 17.5. The quantitative estimate of drug-likeness (QED) is 0.263. The summed E-state index contributed by atoms with van der Waals surface area (Å²) < 4.78 is 16.3. The molecule has 3 aromatic rings. The highest BCUT2D eigenvalue weighted by Gasteiger charge is 2.16. The maximum absolute atomic E-state index is 12.0. The molecule has 36 heavy (non-hydrogen) atoms. The van der Waals surface area contributed by atoms with E-state index < -0.39 is 6.09 Å². The number of amides is 1. The van der Waals surface area contributed by atoms with Crippen molar-refractivity contribution in [1.29, 1.82) is 0 Å². The van der Waals surface area contributed by atoms with Gasteiger partial charge in [-0.3, -0.25) is 10.7 Å². The molecule has 10 nitrogen and oxygen atoms in total. The average molecular weight is 491 g/mol. The summed E-state index contributed by atoms with van der Waals surface area (Å²) in [6.45, 7) is 6.82. The number of morpholine rings is 1. The van der Waals surface area contributed by atoms with Crippen molar-refractivity contribution < 1.29 is 19.0 Å². The maximum Gasteiger partial charge on any atom is 0.411 e. The van der Waals surface area contributed by atoms with Crippen LogP contribution in [0.25, 0.3) is 0 Å². The molecule has 1 aliphatic heterocycles. The molecule has 1 amide bonds. The lowest BCUT2D eigenvalue weighted by Crippen LogP contribution is -2.36. The number of rotatable bonds is 9. The van der Waals surface area contributed by atoms with Gasteiger partial charge >= 0.3 is 12.1 Å². The van der Waals surface area contributed by atoms with Crippen LogP contribution in [0.5, 0.6) is 6.01 Å². The number of anilines is 3. The summed E-state index contributed by atoms with van der Waals surface area (Å²) in [4.78, 5) is 23.0. The lowest BCUT2D eigenvalue weighted by Gasteiger charge is -2.28. The lowest BCUT2D eigenvalue weighted by molar-refractivity contribution is 0.122. The van der Waals surface area contributed by atoms with Gasteiger partial charge in [0.05, 0.1) is 19.4 Å². The van der Waals surface area contributed by atoms with E-state index in [2.05, 4.69) is 30.7 Å². The molecule has 1 aliphatic rings. The molecule has 2 heterocycles. The van der Waals surface area contributed by atoms with Crippen molar-refractivity contribution in [3.63, 3.8) is 0 Å². The third kappa shape index (κ3) is 7.67. The Morgan fingerprint density at radius 3 is 2.64 bits per heavy atom. The Kier molecular flexibility index (Phi) is 8.66. The number of hydrazone groups is 1. The summed E-state index contributed by atoms with van der Waals surface area (Å²) in [5.41, 5.74) is 6.86. The second-order valence-corrected chi connectivity index (χ2v) is 8.25. The molecule has 10 heteroatoms. The van der Waals surface area contributed by atoms with Crippen molar-refractivity contribution in [2.45, 2.75) is 13.8 Å². The lowest BCUT2D eigenvalue weighted by atomic mass is 10.2. The Hall–Kier alpha value is -4.18. The van der Waals surface area contributed by atoms with Crippen molar-refractivity contribution in [3.8, 4) is 6.01 Å². The number of nitrogens with one attached hydrogen (secondary N) is 2. The number of benzene rings is 2. The topological polar surface area (TPSA) is 110 Å². The molecule has 1 saturated heterocycles. The van der Waals surface area contributed by atoms with Gasteiger partial charge in [-0.15, -0.1) is 0 Å². The smallest absolute Gasteiger partial charge is 0.411 e. The predicted molar refractivity (Wildman–Crippen MR) is 139 cm³/mol. The molecule has 0 spiro atoms. The minimum absolute atomic E-state index is 0.0388. The molecular formula is C26H30N6O4. The van der Waals surface area contributed by atoms with Gasteiger partial charge in [-0.05, 0) is 31.5 Å². The second kappa shape index (κ2) is 12.5. The van der Waals surface area contributed by atoms with E-state index in [1.807, 2.05) is 68.4 Å². The van der Waals surface area contributed by atoms with Crippen LogP contribution in [0.3, 0.4) is 0 Å². The highest BCUT2D eigenvalue weighted by Crippen LogP contribution is 2.20. The molecule has 188 valence electrons. The van der Waals surface area contributed by atoms with Crippen LogP contribution < -0.4 is 20.4 Å². The van der Waals surface area contributed by atoms with Crippen LogP contribution in [0.1, 0.15) is 16.7 Å². The van der Waals surface area contributed by atoms with Gasteiger partial charge in [-0.25, -0.2) is 4.79 Å². The van der Waals surface area contributed by atoms with Crippen LogP contribution in [-0.2, 0) is 9.47 Å². The molecular weight excluding hydrogens is 460 g/mol. The summed E-state index contributed by atoms with van der Waals surface area (Å²) in [5, 5.41) is 6.98. The minimum Gasteiger partial charge on any atom is -0.460 e. The Balaban J connectivity index is 1.35. The van der Waals surface area contributed by atoms with Crippen LogP contribution in [0.15, 0.2) is 59.7 Å². The van der Waals surface area contributed by atoms with Crippen LogP contribution in [-0.4, -0.2) is 61.8 Å². The number of carbonyl (C=O) groups is 1. The number of nitrogens with zero attached hydrogens (tertiary/aromatic N) is 4. The standard InChI is InChI=1S/C26H30N6O4/c1-19-6-8-22(9-7-19)28-26(33)36-15-14-35-25-29-23(17-24(30-25)32-10-12-34-13-11-32)31-27-18-21-5-3-4-20(2)16-21/h3-9,16-18H,10-15H2,1-2H3,(H,28,33)(H,29,30,31)/b27-18+. The van der Waals surface area contributed by atoms with Gasteiger partial charge in [0.1, 0.15) is 19.0 Å². The number of carbonyl (C=O) groups excluding carboxylic acids is 1. The molecule has 0 unspecified atom stereocenters. The Morgan fingerprint density at radius 1 is 1.06 bits per heavy atom. The van der Waals surface area contributed by atoms with Gasteiger partial charge in [0.2, 0.25) is 0 Å². The summed E-state index contributed by atoms with van der Waals surface area (Å²) in [7, 11) is 0. The SMILES string of the molecule is Cc1ccc(NC(=O)OCCOc2nc(N/N=C/c3cccc(C)c3)cc(N3CCOCC3)n2)cc1. The fourth-order valence-electron chi connectivity index (χ4n) is 3.47. The maximum atomic E-state index is 12.0. The number of aryl methyl sites for hydroxylation is 2. The van der Waals surface area contributed by atoms with Crippen LogP contribution in [0.4, 0.5) is 22.1 Å². The van der Waals surface area contributed by atoms with Crippen molar-refractivity contribution in [2.24, 2.45) is 5.10 Å². The Labute approximate surface area is 210 Å². The summed E-state index contributed by atoms with van der Waals surface area (Å²) in [5.74, 6) is 1.19. The molecule has 0 bridgehead atoms. The van der Waals surface area contributed by atoms with Crippen LogP contribution in [0, 0.1) is 13.8 Å². The molecule has 1 aromatic heterocycles. The fourth-order valence-corrected chi connectivity index (χ4v) is 3.47. The van der Waals surface area contributed by atoms with Crippen molar-refractivity contribution in [2.75, 3.05) is 55.2 Å². The Morgan fingerprint density at radius 2 is 1.86 bits per heavy atom. The summed E-state index contributed by atoms with van der Waals surface area (Å²) in [6, 6.07) is 17.4. The molecule has 4 rings (SSSR count). The number of aromatic nitrogens is 2. The first-order valence-corrected chi connectivity index (χ1v) is 11.8. The highest BCUT2D eigenvalue weighted by atomic mass is 16.6. The second-order valence-electron chi connectivity index (χ2n) is 8.25. The largest absolute Gasteiger partial charge is 0.460 e. The normalized spacial score (nSPS) is 13.4. The van der Waals surface area contributed by atoms with E-state index in [0.29, 0.717) is 43.6 Å². The fraction of sp³-hybridized carbons (Fsp3) is 0.308. The third-order valence-electron chi connectivity index (χ3n) is 5.31. The van der Waals surface area contributed by atoms with Crippen molar-refractivity contribution in [3.05, 3.63) is 71.3 Å². The van der Waals surface area contributed by atoms with Gasteiger partial charge < -0.3 is 19.1 Å². The molecule has 1 fully saturated rings. The molecule has 2 N–H and O–H groups in total. The first-order valence-electron chi connectivity index (χ1n) is 11.8. The first kappa shape index (κ1) is 24.9. The monoisotopic (exact) mass is 490 g/mol. The van der Waals surface area contributed by atoms with E-state index in [9.17, 15) is 4.79 Å². The zero-order valence-corrected chi connectivity index (χ0v) is 20.4. The average Bonchev–Trinajstić information content (AvgIpc) is 2.88. The van der Waals surface area contributed by atoms with E-state index in [1.165, 1.54) is 0 Å². The molecule has 0 aliphatic carbocycles. The molecule has 2 aromatic carbocycles. The molecule has 0 saturated carbocycles. The van der Waals surface area contributed by atoms with Crippen LogP contribution in [0.2, 0.25) is 0 Å². The van der Waals surface area contributed by atoms with Crippen LogP contribution >= 0.6 is 0 Å². The van der Waals surface area contributed by atoms with E-state index in [1.54, 1.807) is 6.21 Å². The molecule has 0 atom stereocenters. The van der Waals surface area contributed by atoms with Crippen molar-refractivity contribution in [1.82, 2.24) is 9.97 Å². The van der Waals surface area contributed by atoms with E-state index in [4.69, 9.17) is 14.2 Å². The van der Waals surface area contributed by atoms with Crippen molar-refractivity contribution >= 4 is 29.6 Å². The Bertz CT molecular complexity index is 1180. The van der Waals surface area contributed by atoms with E-state index >= 15 is 0 Å². The van der Waals surface area contributed by atoms with Gasteiger partial charge in [0, 0.05) is 24.8 Å². The van der Waals surface area contributed by atoms with Gasteiger partial charge in [-0.2, -0.15) is 15.1 Å². The predicted octanol–water partition coefficient (Wildman–Crippen LogP) is 4.00. The summed E-state index contributed by atoms with van der Waals surface area (Å²) >= 11 is 0. The van der Waals surface area contributed by atoms with Gasteiger partial charge in [-0.1, -0.05) is 47.5 Å². The van der Waals surface area contributed by atoms with E-state index in [0.717, 1.165) is 16.7 Å². The zero-order chi connectivity index (χ0) is 25.2. The minimum atomic E-state index is -0.557.